The number of hydrogen-bond acceptors (Lipinski definition) is 4. The second kappa shape index (κ2) is 6.15. The zero-order chi connectivity index (χ0) is 14.8. The zero-order valence-electron chi connectivity index (χ0n) is 13.0. The lowest BCUT2D eigenvalue weighted by Gasteiger charge is -2.36. The lowest BCUT2D eigenvalue weighted by Crippen LogP contribution is -2.50. The molecule has 3 rings (SSSR count). The third kappa shape index (κ3) is 2.96. The van der Waals surface area contributed by atoms with Crippen molar-refractivity contribution < 1.29 is 4.79 Å². The zero-order valence-corrected chi connectivity index (χ0v) is 13.0. The van der Waals surface area contributed by atoms with Crippen molar-refractivity contribution in [2.24, 2.45) is 13.0 Å². The SMILES string of the molecule is CCN1CCN(C(=O)[C@H]2CNC[C@@H]2c2cnn(C)c2)CC1. The van der Waals surface area contributed by atoms with Gasteiger partial charge in [-0.2, -0.15) is 5.10 Å². The summed E-state index contributed by atoms with van der Waals surface area (Å²) in [6.45, 7) is 8.64. The van der Waals surface area contributed by atoms with Gasteiger partial charge in [-0.15, -0.1) is 0 Å². The van der Waals surface area contributed by atoms with Crippen molar-refractivity contribution in [1.82, 2.24) is 24.9 Å². The van der Waals surface area contributed by atoms with E-state index >= 15 is 0 Å². The van der Waals surface area contributed by atoms with Gasteiger partial charge >= 0.3 is 0 Å². The highest BCUT2D eigenvalue weighted by atomic mass is 16.2. The van der Waals surface area contributed by atoms with Crippen molar-refractivity contribution in [2.45, 2.75) is 12.8 Å². The fourth-order valence-electron chi connectivity index (χ4n) is 3.44. The van der Waals surface area contributed by atoms with Crippen LogP contribution in [-0.2, 0) is 11.8 Å². The normalized spacial score (nSPS) is 27.2. The number of amides is 1. The molecule has 0 spiro atoms. The summed E-state index contributed by atoms with van der Waals surface area (Å²) in [6.07, 6.45) is 3.93. The van der Waals surface area contributed by atoms with Gasteiger partial charge in [-0.25, -0.2) is 0 Å². The van der Waals surface area contributed by atoms with Crippen LogP contribution in [0.1, 0.15) is 18.4 Å². The quantitative estimate of drug-likeness (QED) is 0.844. The van der Waals surface area contributed by atoms with Gasteiger partial charge in [0.1, 0.15) is 0 Å². The molecule has 6 nitrogen and oxygen atoms in total. The van der Waals surface area contributed by atoms with Crippen LogP contribution in [0.4, 0.5) is 0 Å². The Balaban J connectivity index is 1.66. The summed E-state index contributed by atoms with van der Waals surface area (Å²) in [6, 6.07) is 0. The average molecular weight is 291 g/mol. The molecule has 2 aliphatic heterocycles. The number of piperazine rings is 1. The van der Waals surface area contributed by atoms with Crippen LogP contribution >= 0.6 is 0 Å². The predicted octanol–water partition coefficient (Wildman–Crippen LogP) is -0.113. The fourth-order valence-corrected chi connectivity index (χ4v) is 3.44. The molecule has 1 N–H and O–H groups in total. The molecule has 6 heteroatoms. The Morgan fingerprint density at radius 3 is 2.71 bits per heavy atom. The van der Waals surface area contributed by atoms with E-state index in [0.717, 1.165) is 45.8 Å². The molecule has 3 heterocycles. The van der Waals surface area contributed by atoms with E-state index in [4.69, 9.17) is 0 Å². The van der Waals surface area contributed by atoms with E-state index in [2.05, 4.69) is 22.2 Å². The topological polar surface area (TPSA) is 53.4 Å². The molecule has 2 atom stereocenters. The van der Waals surface area contributed by atoms with Crippen LogP contribution in [0.2, 0.25) is 0 Å². The van der Waals surface area contributed by atoms with Gasteiger partial charge in [0.25, 0.3) is 0 Å². The number of hydrogen-bond donors (Lipinski definition) is 1. The molecule has 2 fully saturated rings. The number of likely N-dealkylation sites (N-methyl/N-ethyl adjacent to an activating group) is 1. The Morgan fingerprint density at radius 2 is 2.10 bits per heavy atom. The molecule has 0 saturated carbocycles. The number of carbonyl (C=O) groups excluding carboxylic acids is 1. The predicted molar refractivity (Wildman–Crippen MR) is 81.0 cm³/mol. The number of aryl methyl sites for hydroxylation is 1. The summed E-state index contributed by atoms with van der Waals surface area (Å²) in [7, 11) is 1.92. The van der Waals surface area contributed by atoms with Gasteiger partial charge in [0, 0.05) is 58.4 Å². The number of rotatable bonds is 3. The summed E-state index contributed by atoms with van der Waals surface area (Å²) >= 11 is 0. The first-order valence-electron chi connectivity index (χ1n) is 7.89. The molecule has 0 bridgehead atoms. The largest absolute Gasteiger partial charge is 0.340 e. The van der Waals surface area contributed by atoms with E-state index in [9.17, 15) is 4.79 Å². The lowest BCUT2D eigenvalue weighted by atomic mass is 9.89. The molecular weight excluding hydrogens is 266 g/mol. The van der Waals surface area contributed by atoms with E-state index in [-0.39, 0.29) is 11.8 Å². The van der Waals surface area contributed by atoms with Crippen LogP contribution in [0.5, 0.6) is 0 Å². The summed E-state index contributed by atoms with van der Waals surface area (Å²) in [4.78, 5) is 17.3. The van der Waals surface area contributed by atoms with Gasteiger partial charge in [0.2, 0.25) is 5.91 Å². The minimum Gasteiger partial charge on any atom is -0.340 e. The summed E-state index contributed by atoms with van der Waals surface area (Å²) in [5, 5.41) is 7.62. The highest BCUT2D eigenvalue weighted by molar-refractivity contribution is 5.80. The summed E-state index contributed by atoms with van der Waals surface area (Å²) < 4.78 is 1.81. The van der Waals surface area contributed by atoms with Crippen molar-refractivity contribution in [2.75, 3.05) is 45.8 Å². The lowest BCUT2D eigenvalue weighted by molar-refractivity contribution is -0.137. The Hall–Kier alpha value is -1.40. The summed E-state index contributed by atoms with van der Waals surface area (Å²) in [5.74, 6) is 0.627. The fraction of sp³-hybridized carbons (Fsp3) is 0.733. The third-order valence-corrected chi connectivity index (χ3v) is 4.82. The molecule has 0 aliphatic carbocycles. The van der Waals surface area contributed by atoms with E-state index in [0.29, 0.717) is 5.91 Å². The van der Waals surface area contributed by atoms with Crippen LogP contribution in [0, 0.1) is 5.92 Å². The average Bonchev–Trinajstić information content (AvgIpc) is 3.15. The van der Waals surface area contributed by atoms with Crippen LogP contribution in [-0.4, -0.2) is 71.3 Å². The number of aromatic nitrogens is 2. The molecule has 1 amide bonds. The molecule has 1 aromatic heterocycles. The van der Waals surface area contributed by atoms with Gasteiger partial charge in [0.15, 0.2) is 0 Å². The Kier molecular flexibility index (Phi) is 4.26. The highest BCUT2D eigenvalue weighted by Gasteiger charge is 2.37. The van der Waals surface area contributed by atoms with Crippen LogP contribution in [0.25, 0.3) is 0 Å². The van der Waals surface area contributed by atoms with Crippen molar-refractivity contribution in [3.8, 4) is 0 Å². The molecule has 0 unspecified atom stereocenters. The van der Waals surface area contributed by atoms with Crippen LogP contribution in [0.15, 0.2) is 12.4 Å². The summed E-state index contributed by atoms with van der Waals surface area (Å²) in [5.41, 5.74) is 1.17. The minimum atomic E-state index is 0.0578. The maximum absolute atomic E-state index is 12.8. The monoisotopic (exact) mass is 291 g/mol. The van der Waals surface area contributed by atoms with Gasteiger partial charge < -0.3 is 15.1 Å². The maximum Gasteiger partial charge on any atom is 0.227 e. The first-order chi connectivity index (χ1) is 10.2. The van der Waals surface area contributed by atoms with E-state index < -0.39 is 0 Å². The molecule has 2 aliphatic rings. The Labute approximate surface area is 126 Å². The molecule has 116 valence electrons. The maximum atomic E-state index is 12.8. The van der Waals surface area contributed by atoms with Gasteiger partial charge in [-0.3, -0.25) is 9.48 Å². The molecule has 21 heavy (non-hydrogen) atoms. The van der Waals surface area contributed by atoms with Crippen LogP contribution < -0.4 is 5.32 Å². The molecule has 1 aromatic rings. The van der Waals surface area contributed by atoms with Gasteiger partial charge in [-0.05, 0) is 12.1 Å². The Bertz CT molecular complexity index is 492. The van der Waals surface area contributed by atoms with Gasteiger partial charge in [0.05, 0.1) is 12.1 Å². The second-order valence-corrected chi connectivity index (χ2v) is 6.08. The first-order valence-corrected chi connectivity index (χ1v) is 7.89. The highest BCUT2D eigenvalue weighted by Crippen LogP contribution is 2.29. The third-order valence-electron chi connectivity index (χ3n) is 4.82. The number of nitrogens with zero attached hydrogens (tertiary/aromatic N) is 4. The van der Waals surface area contributed by atoms with E-state index in [1.165, 1.54) is 5.56 Å². The molecule has 2 saturated heterocycles. The minimum absolute atomic E-state index is 0.0578. The first kappa shape index (κ1) is 14.5. The van der Waals surface area contributed by atoms with Crippen molar-refractivity contribution >= 4 is 5.91 Å². The molecular formula is C15H25N5O. The van der Waals surface area contributed by atoms with Crippen molar-refractivity contribution in [1.29, 1.82) is 0 Å². The van der Waals surface area contributed by atoms with Crippen molar-refractivity contribution in [3.05, 3.63) is 18.0 Å². The molecule has 0 aromatic carbocycles. The van der Waals surface area contributed by atoms with Crippen molar-refractivity contribution in [3.63, 3.8) is 0 Å². The van der Waals surface area contributed by atoms with Gasteiger partial charge in [-0.1, -0.05) is 6.92 Å². The molecule has 0 radical (unpaired) electrons. The standard InChI is InChI=1S/C15H25N5O/c1-3-19-4-6-20(7-5-19)15(21)14-10-16-9-13(14)12-8-17-18(2)11-12/h8,11,13-14,16H,3-7,9-10H2,1-2H3/t13-,14+/m1/s1. The van der Waals surface area contributed by atoms with E-state index in [1.54, 1.807) is 0 Å². The smallest absolute Gasteiger partial charge is 0.227 e. The number of carbonyl (C=O) groups is 1. The van der Waals surface area contributed by atoms with Crippen LogP contribution in [0.3, 0.4) is 0 Å². The second-order valence-electron chi connectivity index (χ2n) is 6.08. The number of nitrogens with one attached hydrogen (secondary N) is 1. The Morgan fingerprint density at radius 1 is 1.33 bits per heavy atom. The van der Waals surface area contributed by atoms with E-state index in [1.807, 2.05) is 29.0 Å².